The number of pyridine rings is 1. The first-order valence-electron chi connectivity index (χ1n) is 9.79. The highest BCUT2D eigenvalue weighted by atomic mass is 35.5. The van der Waals surface area contributed by atoms with Gasteiger partial charge < -0.3 is 20.9 Å². The molecule has 14 heteroatoms. The molecule has 2 aromatic heterocycles. The molecule has 0 aromatic carbocycles. The molecule has 176 valence electrons. The average molecular weight is 496 g/mol. The number of hydroxylamine groups is 2. The summed E-state index contributed by atoms with van der Waals surface area (Å²) in [5.74, 6) is -3.50. The lowest BCUT2D eigenvalue weighted by molar-refractivity contribution is -0.161. The van der Waals surface area contributed by atoms with Crippen LogP contribution in [0.1, 0.15) is 20.4 Å². The number of aromatic nitrogens is 2. The molecule has 2 aromatic rings. The van der Waals surface area contributed by atoms with E-state index in [2.05, 4.69) is 30.8 Å². The SMILES string of the molecule is CN1CCc2nc(C(=O)NC(CNC(=O)C(=O)Nc3ccc(Cl)cn3)C(=O)N(C)O)sc2C1. The molecule has 3 heterocycles. The summed E-state index contributed by atoms with van der Waals surface area (Å²) in [6.45, 7) is 1.06. The topological polar surface area (TPSA) is 157 Å². The van der Waals surface area contributed by atoms with E-state index in [1.807, 2.05) is 7.05 Å². The number of hydrogen-bond donors (Lipinski definition) is 4. The van der Waals surface area contributed by atoms with Crippen molar-refractivity contribution in [2.75, 3.05) is 32.5 Å². The summed E-state index contributed by atoms with van der Waals surface area (Å²) in [6.07, 6.45) is 2.01. The lowest BCUT2D eigenvalue weighted by atomic mass is 10.2. The van der Waals surface area contributed by atoms with Crippen molar-refractivity contribution in [2.45, 2.75) is 19.0 Å². The van der Waals surface area contributed by atoms with E-state index in [-0.39, 0.29) is 15.9 Å². The van der Waals surface area contributed by atoms with Crippen LogP contribution in [0.3, 0.4) is 0 Å². The second-order valence-corrected chi connectivity index (χ2v) is 8.81. The maximum Gasteiger partial charge on any atom is 0.314 e. The number of carbonyl (C=O) groups excluding carboxylic acids is 4. The number of amides is 4. The number of fused-ring (bicyclic) bond motifs is 1. The number of rotatable bonds is 6. The fourth-order valence-corrected chi connectivity index (χ4v) is 4.17. The number of thiazole rings is 1. The van der Waals surface area contributed by atoms with E-state index in [4.69, 9.17) is 11.6 Å². The second kappa shape index (κ2) is 10.7. The van der Waals surface area contributed by atoms with Gasteiger partial charge in [-0.05, 0) is 19.2 Å². The third kappa shape index (κ3) is 6.44. The van der Waals surface area contributed by atoms with Gasteiger partial charge in [0.05, 0.1) is 10.7 Å². The summed E-state index contributed by atoms with van der Waals surface area (Å²) < 4.78 is 0. The highest BCUT2D eigenvalue weighted by molar-refractivity contribution is 7.13. The molecule has 1 aliphatic rings. The van der Waals surface area contributed by atoms with E-state index in [0.29, 0.717) is 18.0 Å². The third-order valence-electron chi connectivity index (χ3n) is 4.68. The number of hydrogen-bond acceptors (Lipinski definition) is 9. The Hall–Kier alpha value is -3.13. The zero-order valence-corrected chi connectivity index (χ0v) is 19.4. The molecular weight excluding hydrogens is 474 g/mol. The molecule has 0 saturated carbocycles. The molecule has 12 nitrogen and oxygen atoms in total. The fraction of sp³-hybridized carbons (Fsp3) is 0.368. The number of nitrogens with one attached hydrogen (secondary N) is 3. The van der Waals surface area contributed by atoms with Gasteiger partial charge in [-0.3, -0.25) is 24.4 Å². The van der Waals surface area contributed by atoms with E-state index in [1.54, 1.807) is 0 Å². The number of nitrogens with zero attached hydrogens (tertiary/aromatic N) is 4. The summed E-state index contributed by atoms with van der Waals surface area (Å²) in [7, 11) is 3.05. The minimum absolute atomic E-state index is 0.106. The van der Waals surface area contributed by atoms with E-state index in [1.165, 1.54) is 29.7 Å². The zero-order chi connectivity index (χ0) is 24.1. The van der Waals surface area contributed by atoms with E-state index in [9.17, 15) is 24.4 Å². The predicted molar refractivity (Wildman–Crippen MR) is 119 cm³/mol. The van der Waals surface area contributed by atoms with Crippen LogP contribution in [0, 0.1) is 0 Å². The fourth-order valence-electron chi connectivity index (χ4n) is 2.96. The Morgan fingerprint density at radius 2 is 2.06 bits per heavy atom. The van der Waals surface area contributed by atoms with Gasteiger partial charge >= 0.3 is 11.8 Å². The molecule has 1 atom stereocenters. The Kier molecular flexibility index (Phi) is 7.92. The molecule has 4 amide bonds. The average Bonchev–Trinajstić information content (AvgIpc) is 3.20. The standard InChI is InChI=1S/C19H22ClN7O5S/c1-26-6-5-11-13(9-26)33-18(24-11)17(30)23-12(19(31)27(2)32)8-22-15(28)16(29)25-14-4-3-10(20)7-21-14/h3-4,7,12,32H,5-6,8-9H2,1-2H3,(H,22,28)(H,23,30)(H,21,25,29). The van der Waals surface area contributed by atoms with E-state index < -0.39 is 36.2 Å². The molecule has 0 aliphatic carbocycles. The smallest absolute Gasteiger partial charge is 0.314 e. The third-order valence-corrected chi connectivity index (χ3v) is 5.99. The Balaban J connectivity index is 1.62. The van der Waals surface area contributed by atoms with Crippen molar-refractivity contribution in [3.63, 3.8) is 0 Å². The molecule has 0 radical (unpaired) electrons. The van der Waals surface area contributed by atoms with Gasteiger partial charge in [0.1, 0.15) is 11.9 Å². The van der Waals surface area contributed by atoms with Gasteiger partial charge in [0.25, 0.3) is 11.8 Å². The lowest BCUT2D eigenvalue weighted by Gasteiger charge is -2.20. The summed E-state index contributed by atoms with van der Waals surface area (Å²) in [5, 5.41) is 17.3. The minimum Gasteiger partial charge on any atom is -0.345 e. The van der Waals surface area contributed by atoms with Crippen LogP contribution in [0.25, 0.3) is 0 Å². The van der Waals surface area contributed by atoms with Crippen LogP contribution < -0.4 is 16.0 Å². The number of halogens is 1. The molecule has 3 rings (SSSR count). The second-order valence-electron chi connectivity index (χ2n) is 7.29. The predicted octanol–water partition coefficient (Wildman–Crippen LogP) is -0.120. The summed E-state index contributed by atoms with van der Waals surface area (Å²) in [4.78, 5) is 60.5. The first-order chi connectivity index (χ1) is 15.6. The van der Waals surface area contributed by atoms with Gasteiger partial charge in [-0.15, -0.1) is 11.3 Å². The van der Waals surface area contributed by atoms with Crippen molar-refractivity contribution < 1.29 is 24.4 Å². The lowest BCUT2D eigenvalue weighted by Crippen LogP contribution is -2.53. The normalized spacial score (nSPS) is 14.1. The summed E-state index contributed by atoms with van der Waals surface area (Å²) in [5.41, 5.74) is 0.839. The van der Waals surface area contributed by atoms with Crippen LogP contribution >= 0.6 is 22.9 Å². The minimum atomic E-state index is -1.33. The van der Waals surface area contributed by atoms with Crippen LogP contribution in [0.2, 0.25) is 5.02 Å². The van der Waals surface area contributed by atoms with Gasteiger partial charge in [-0.2, -0.15) is 0 Å². The van der Waals surface area contributed by atoms with Gasteiger partial charge in [0.2, 0.25) is 0 Å². The van der Waals surface area contributed by atoms with Crippen molar-refractivity contribution in [3.8, 4) is 0 Å². The van der Waals surface area contributed by atoms with Gasteiger partial charge in [0.15, 0.2) is 5.01 Å². The van der Waals surface area contributed by atoms with Crippen molar-refractivity contribution >= 4 is 52.4 Å². The quantitative estimate of drug-likeness (QED) is 0.245. The van der Waals surface area contributed by atoms with Crippen LogP contribution in [0.4, 0.5) is 5.82 Å². The number of likely N-dealkylation sites (N-methyl/N-ethyl adjacent to an activating group) is 2. The molecule has 0 fully saturated rings. The Bertz CT molecular complexity index is 1060. The van der Waals surface area contributed by atoms with E-state index >= 15 is 0 Å². The van der Waals surface area contributed by atoms with Crippen LogP contribution in [0.15, 0.2) is 18.3 Å². The van der Waals surface area contributed by atoms with Crippen molar-refractivity contribution in [2.24, 2.45) is 0 Å². The van der Waals surface area contributed by atoms with Crippen molar-refractivity contribution in [1.82, 2.24) is 30.6 Å². The van der Waals surface area contributed by atoms with Gasteiger partial charge in [0, 0.05) is 44.2 Å². The van der Waals surface area contributed by atoms with Crippen LogP contribution in [-0.2, 0) is 27.3 Å². The summed E-state index contributed by atoms with van der Waals surface area (Å²) >= 11 is 6.94. The van der Waals surface area contributed by atoms with Crippen molar-refractivity contribution in [3.05, 3.63) is 38.9 Å². The highest BCUT2D eigenvalue weighted by Crippen LogP contribution is 2.24. The van der Waals surface area contributed by atoms with Gasteiger partial charge in [-0.25, -0.2) is 15.0 Å². The zero-order valence-electron chi connectivity index (χ0n) is 17.8. The number of carbonyl (C=O) groups is 4. The molecule has 1 unspecified atom stereocenters. The van der Waals surface area contributed by atoms with Gasteiger partial charge in [-0.1, -0.05) is 11.6 Å². The Morgan fingerprint density at radius 1 is 1.30 bits per heavy atom. The van der Waals surface area contributed by atoms with Crippen LogP contribution in [0.5, 0.6) is 0 Å². The molecule has 1 aliphatic heterocycles. The van der Waals surface area contributed by atoms with Crippen molar-refractivity contribution in [1.29, 1.82) is 0 Å². The summed E-state index contributed by atoms with van der Waals surface area (Å²) in [6, 6.07) is 1.56. The molecule has 0 spiro atoms. The largest absolute Gasteiger partial charge is 0.345 e. The first-order valence-corrected chi connectivity index (χ1v) is 11.0. The maximum absolute atomic E-state index is 12.7. The Morgan fingerprint density at radius 3 is 2.73 bits per heavy atom. The first kappa shape index (κ1) is 24.5. The van der Waals surface area contributed by atoms with E-state index in [0.717, 1.165) is 24.2 Å². The molecule has 0 saturated heterocycles. The Labute approximate surface area is 197 Å². The number of anilines is 1. The maximum atomic E-state index is 12.7. The molecule has 0 bridgehead atoms. The monoisotopic (exact) mass is 495 g/mol. The molecular formula is C19H22ClN7O5S. The highest BCUT2D eigenvalue weighted by Gasteiger charge is 2.28. The molecule has 33 heavy (non-hydrogen) atoms. The van der Waals surface area contributed by atoms with Crippen LogP contribution in [-0.4, -0.2) is 82.0 Å². The molecule has 4 N–H and O–H groups in total.